The Hall–Kier alpha value is -1.10. The summed E-state index contributed by atoms with van der Waals surface area (Å²) in [6, 6.07) is 6.41. The van der Waals surface area contributed by atoms with Crippen molar-refractivity contribution in [2.45, 2.75) is 33.0 Å². The van der Waals surface area contributed by atoms with Crippen LogP contribution in [0.25, 0.3) is 0 Å². The van der Waals surface area contributed by atoms with Gasteiger partial charge in [-0.2, -0.15) is 0 Å². The molecule has 2 heterocycles. The normalized spacial score (nSPS) is 11.0. The second kappa shape index (κ2) is 6.37. The Morgan fingerprint density at radius 2 is 2.26 bits per heavy atom. The highest BCUT2D eigenvalue weighted by molar-refractivity contribution is 7.09. The highest BCUT2D eigenvalue weighted by Gasteiger charge is 2.16. The predicted octanol–water partition coefficient (Wildman–Crippen LogP) is 3.67. The molecule has 3 nitrogen and oxygen atoms in total. The number of hydrogen-bond donors (Lipinski definition) is 1. The quantitative estimate of drug-likeness (QED) is 0.915. The van der Waals surface area contributed by atoms with E-state index in [1.54, 1.807) is 17.5 Å². The molecule has 0 aliphatic carbocycles. The Morgan fingerprint density at radius 3 is 2.79 bits per heavy atom. The molecular weight excluding hydrogens is 278 g/mol. The molecule has 0 bridgehead atoms. The van der Waals surface area contributed by atoms with E-state index in [-0.39, 0.29) is 0 Å². The molecule has 0 fully saturated rings. The maximum atomic E-state index is 6.33. The standard InChI is InChI=1S/C14H18ClN3S/c1-10(2)18(9-12-4-3-5-19-12)14-13(15)6-11(7-16)8-17-14/h3-6,8,10H,7,9,16H2,1-2H3. The van der Waals surface area contributed by atoms with Gasteiger partial charge in [0, 0.05) is 23.7 Å². The fraction of sp³-hybridized carbons (Fsp3) is 0.357. The number of rotatable bonds is 5. The first kappa shape index (κ1) is 14.3. The van der Waals surface area contributed by atoms with Crippen LogP contribution in [-0.4, -0.2) is 11.0 Å². The zero-order chi connectivity index (χ0) is 13.8. The van der Waals surface area contributed by atoms with E-state index in [1.165, 1.54) is 4.88 Å². The van der Waals surface area contributed by atoms with Gasteiger partial charge in [0.15, 0.2) is 0 Å². The summed E-state index contributed by atoms with van der Waals surface area (Å²) in [6.07, 6.45) is 1.80. The SMILES string of the molecule is CC(C)N(Cc1cccs1)c1ncc(CN)cc1Cl. The number of thiophene rings is 1. The van der Waals surface area contributed by atoms with Crippen LogP contribution in [0.2, 0.25) is 5.02 Å². The maximum absolute atomic E-state index is 6.33. The lowest BCUT2D eigenvalue weighted by Gasteiger charge is -2.28. The minimum Gasteiger partial charge on any atom is -0.348 e. The van der Waals surface area contributed by atoms with Gasteiger partial charge in [-0.05, 0) is 36.9 Å². The van der Waals surface area contributed by atoms with Gasteiger partial charge in [-0.1, -0.05) is 17.7 Å². The average Bonchev–Trinajstić information content (AvgIpc) is 2.89. The molecule has 2 N–H and O–H groups in total. The smallest absolute Gasteiger partial charge is 0.147 e. The Labute approximate surface area is 123 Å². The van der Waals surface area contributed by atoms with E-state index in [0.717, 1.165) is 17.9 Å². The number of hydrogen-bond acceptors (Lipinski definition) is 4. The van der Waals surface area contributed by atoms with Gasteiger partial charge in [0.1, 0.15) is 5.82 Å². The molecule has 0 radical (unpaired) electrons. The Morgan fingerprint density at radius 1 is 1.47 bits per heavy atom. The third-order valence-electron chi connectivity index (χ3n) is 2.92. The van der Waals surface area contributed by atoms with Crippen molar-refractivity contribution >= 4 is 28.8 Å². The van der Waals surface area contributed by atoms with Gasteiger partial charge in [-0.15, -0.1) is 11.3 Å². The van der Waals surface area contributed by atoms with Gasteiger partial charge in [0.25, 0.3) is 0 Å². The van der Waals surface area contributed by atoms with Gasteiger partial charge in [0.2, 0.25) is 0 Å². The van der Waals surface area contributed by atoms with E-state index in [4.69, 9.17) is 17.3 Å². The van der Waals surface area contributed by atoms with E-state index in [1.807, 2.05) is 6.07 Å². The van der Waals surface area contributed by atoms with Crippen LogP contribution in [0.5, 0.6) is 0 Å². The van der Waals surface area contributed by atoms with Crippen molar-refractivity contribution in [2.24, 2.45) is 5.73 Å². The molecular formula is C14H18ClN3S. The van der Waals surface area contributed by atoms with Crippen molar-refractivity contribution in [3.63, 3.8) is 0 Å². The van der Waals surface area contributed by atoms with Gasteiger partial charge in [-0.3, -0.25) is 0 Å². The summed E-state index contributed by atoms with van der Waals surface area (Å²) >= 11 is 8.08. The monoisotopic (exact) mass is 295 g/mol. The molecule has 2 aromatic rings. The lowest BCUT2D eigenvalue weighted by atomic mass is 10.2. The van der Waals surface area contributed by atoms with Crippen molar-refractivity contribution in [1.29, 1.82) is 0 Å². The summed E-state index contributed by atoms with van der Waals surface area (Å²) < 4.78 is 0. The van der Waals surface area contributed by atoms with Gasteiger partial charge < -0.3 is 10.6 Å². The van der Waals surface area contributed by atoms with Crippen LogP contribution in [0, 0.1) is 0 Å². The number of nitrogens with two attached hydrogens (primary N) is 1. The first-order chi connectivity index (χ1) is 9.11. The first-order valence-electron chi connectivity index (χ1n) is 6.25. The van der Waals surface area contributed by atoms with E-state index in [9.17, 15) is 0 Å². The third kappa shape index (κ3) is 3.47. The van der Waals surface area contributed by atoms with Crippen LogP contribution in [0.1, 0.15) is 24.3 Å². The molecule has 0 aliphatic rings. The van der Waals surface area contributed by atoms with Crippen molar-refractivity contribution in [2.75, 3.05) is 4.90 Å². The Bertz CT molecular complexity index is 525. The molecule has 2 aromatic heterocycles. The maximum Gasteiger partial charge on any atom is 0.147 e. The second-order valence-corrected chi connectivity index (χ2v) is 6.09. The van der Waals surface area contributed by atoms with Crippen LogP contribution in [0.15, 0.2) is 29.8 Å². The largest absolute Gasteiger partial charge is 0.348 e. The fourth-order valence-corrected chi connectivity index (χ4v) is 2.87. The number of aromatic nitrogens is 1. The summed E-state index contributed by atoms with van der Waals surface area (Å²) in [6.45, 7) is 5.56. The molecule has 0 unspecified atom stereocenters. The predicted molar refractivity (Wildman–Crippen MR) is 82.8 cm³/mol. The van der Waals surface area contributed by atoms with Crippen LogP contribution in [-0.2, 0) is 13.1 Å². The molecule has 0 aromatic carbocycles. The van der Waals surface area contributed by atoms with Crippen LogP contribution in [0.3, 0.4) is 0 Å². The first-order valence-corrected chi connectivity index (χ1v) is 7.51. The molecule has 0 atom stereocenters. The highest BCUT2D eigenvalue weighted by atomic mass is 35.5. The third-order valence-corrected chi connectivity index (χ3v) is 4.06. The molecule has 0 saturated carbocycles. The van der Waals surface area contributed by atoms with E-state index < -0.39 is 0 Å². The highest BCUT2D eigenvalue weighted by Crippen LogP contribution is 2.28. The molecule has 5 heteroatoms. The van der Waals surface area contributed by atoms with Gasteiger partial charge in [-0.25, -0.2) is 4.98 Å². The van der Waals surface area contributed by atoms with E-state index in [2.05, 4.69) is 41.2 Å². The molecule has 0 amide bonds. The molecule has 102 valence electrons. The van der Waals surface area contributed by atoms with Crippen LogP contribution >= 0.6 is 22.9 Å². The lowest BCUT2D eigenvalue weighted by Crippen LogP contribution is -2.31. The Balaban J connectivity index is 2.28. The molecule has 19 heavy (non-hydrogen) atoms. The summed E-state index contributed by atoms with van der Waals surface area (Å²) in [5.41, 5.74) is 6.56. The second-order valence-electron chi connectivity index (χ2n) is 4.65. The van der Waals surface area contributed by atoms with Crippen molar-refractivity contribution in [3.8, 4) is 0 Å². The van der Waals surface area contributed by atoms with Gasteiger partial charge in [0.05, 0.1) is 11.6 Å². The average molecular weight is 296 g/mol. The number of halogens is 1. The minimum atomic E-state index is 0.329. The topological polar surface area (TPSA) is 42.2 Å². The van der Waals surface area contributed by atoms with Crippen LogP contribution in [0.4, 0.5) is 5.82 Å². The summed E-state index contributed by atoms with van der Waals surface area (Å²) in [4.78, 5) is 7.97. The zero-order valence-corrected chi connectivity index (χ0v) is 12.7. The van der Waals surface area contributed by atoms with E-state index >= 15 is 0 Å². The molecule has 2 rings (SSSR count). The zero-order valence-electron chi connectivity index (χ0n) is 11.1. The number of nitrogens with zero attached hydrogens (tertiary/aromatic N) is 2. The summed E-state index contributed by atoms with van der Waals surface area (Å²) in [7, 11) is 0. The summed E-state index contributed by atoms with van der Waals surface area (Å²) in [5, 5.41) is 2.74. The van der Waals surface area contributed by atoms with Crippen molar-refractivity contribution in [1.82, 2.24) is 4.98 Å². The number of pyridine rings is 1. The molecule has 0 spiro atoms. The van der Waals surface area contributed by atoms with Crippen molar-refractivity contribution < 1.29 is 0 Å². The van der Waals surface area contributed by atoms with E-state index in [0.29, 0.717) is 17.6 Å². The molecule has 0 aliphatic heterocycles. The Kier molecular flexibility index (Phi) is 4.80. The van der Waals surface area contributed by atoms with Gasteiger partial charge >= 0.3 is 0 Å². The fourth-order valence-electron chi connectivity index (χ4n) is 1.87. The minimum absolute atomic E-state index is 0.329. The van der Waals surface area contributed by atoms with Crippen molar-refractivity contribution in [3.05, 3.63) is 45.2 Å². The summed E-state index contributed by atoms with van der Waals surface area (Å²) in [5.74, 6) is 0.822. The molecule has 0 saturated heterocycles. The lowest BCUT2D eigenvalue weighted by molar-refractivity contribution is 0.676. The number of anilines is 1. The van der Waals surface area contributed by atoms with Crippen LogP contribution < -0.4 is 10.6 Å².